The Morgan fingerprint density at radius 3 is 2.57 bits per heavy atom. The first-order valence-electron chi connectivity index (χ1n) is 9.62. The van der Waals surface area contributed by atoms with Crippen molar-refractivity contribution in [3.05, 3.63) is 48.0 Å². The number of carbonyl (C=O) groups excluding carboxylic acids is 2. The fourth-order valence-corrected chi connectivity index (χ4v) is 3.72. The van der Waals surface area contributed by atoms with E-state index in [1.807, 2.05) is 23.1 Å². The summed E-state index contributed by atoms with van der Waals surface area (Å²) >= 11 is 0. The van der Waals surface area contributed by atoms with Gasteiger partial charge >= 0.3 is 0 Å². The molecule has 2 aromatic carbocycles. The normalized spacial score (nSPS) is 17.5. The minimum absolute atomic E-state index is 0.0244. The van der Waals surface area contributed by atoms with Gasteiger partial charge < -0.3 is 20.4 Å². The van der Waals surface area contributed by atoms with E-state index in [1.54, 1.807) is 0 Å². The summed E-state index contributed by atoms with van der Waals surface area (Å²) in [5, 5.41) is 23.4. The molecule has 0 aromatic heterocycles. The molecule has 7 nitrogen and oxygen atoms in total. The number of aliphatic hydroxyl groups is 2. The molecule has 1 aliphatic heterocycles. The molecule has 1 heterocycles. The van der Waals surface area contributed by atoms with Gasteiger partial charge in [0.2, 0.25) is 11.8 Å². The monoisotopic (exact) mass is 385 g/mol. The van der Waals surface area contributed by atoms with Gasteiger partial charge in [0, 0.05) is 32.7 Å². The van der Waals surface area contributed by atoms with Crippen LogP contribution in [0.3, 0.4) is 0 Å². The lowest BCUT2D eigenvalue weighted by Gasteiger charge is -2.36. The van der Waals surface area contributed by atoms with Crippen molar-refractivity contribution >= 4 is 22.6 Å². The first kappa shape index (κ1) is 20.3. The van der Waals surface area contributed by atoms with Crippen LogP contribution in [-0.4, -0.2) is 77.3 Å². The Kier molecular flexibility index (Phi) is 6.97. The zero-order chi connectivity index (χ0) is 19.9. The molecule has 3 rings (SSSR count). The van der Waals surface area contributed by atoms with Crippen LogP contribution in [0.25, 0.3) is 10.8 Å². The molecule has 1 fully saturated rings. The molecule has 2 amide bonds. The lowest BCUT2D eigenvalue weighted by molar-refractivity contribution is -0.139. The van der Waals surface area contributed by atoms with Crippen LogP contribution in [0.1, 0.15) is 12.0 Å². The Morgan fingerprint density at radius 2 is 1.82 bits per heavy atom. The highest BCUT2D eigenvalue weighted by molar-refractivity contribution is 5.89. The Hall–Kier alpha value is -2.48. The lowest BCUT2D eigenvalue weighted by Crippen LogP contribution is -2.56. The number of amides is 2. The standard InChI is InChI=1S/C21H27N3O4/c25-12-10-23(11-13-26)20(27)14-19-21(28)22-8-9-24(19)15-17-6-3-5-16-4-1-2-7-18(16)17/h1-7,19,25-26H,8-15H2,(H,22,28)/t19-/m0/s1. The first-order chi connectivity index (χ1) is 13.6. The SMILES string of the molecule is O=C1NCCN(Cc2cccc3ccccc23)[C@H]1CC(=O)N(CCO)CCO. The van der Waals surface area contributed by atoms with Gasteiger partial charge in [-0.3, -0.25) is 14.5 Å². The van der Waals surface area contributed by atoms with Crippen molar-refractivity contribution < 1.29 is 19.8 Å². The van der Waals surface area contributed by atoms with Crippen molar-refractivity contribution in [1.82, 2.24) is 15.1 Å². The van der Waals surface area contributed by atoms with Crippen LogP contribution in [0.15, 0.2) is 42.5 Å². The zero-order valence-corrected chi connectivity index (χ0v) is 15.9. The van der Waals surface area contributed by atoms with E-state index in [-0.39, 0.29) is 44.5 Å². The summed E-state index contributed by atoms with van der Waals surface area (Å²) in [7, 11) is 0. The quantitative estimate of drug-likeness (QED) is 0.610. The molecule has 0 aliphatic carbocycles. The highest BCUT2D eigenvalue weighted by Gasteiger charge is 2.33. The number of piperazine rings is 1. The Bertz CT molecular complexity index is 815. The number of carbonyl (C=O) groups is 2. The van der Waals surface area contributed by atoms with Gasteiger partial charge in [-0.2, -0.15) is 0 Å². The van der Waals surface area contributed by atoms with Gasteiger partial charge in [-0.1, -0.05) is 42.5 Å². The van der Waals surface area contributed by atoms with Gasteiger partial charge in [0.25, 0.3) is 0 Å². The summed E-state index contributed by atoms with van der Waals surface area (Å²) in [5.74, 6) is -0.402. The van der Waals surface area contributed by atoms with Crippen molar-refractivity contribution in [2.24, 2.45) is 0 Å². The largest absolute Gasteiger partial charge is 0.395 e. The second-order valence-electron chi connectivity index (χ2n) is 6.95. The predicted molar refractivity (Wildman–Crippen MR) is 107 cm³/mol. The minimum Gasteiger partial charge on any atom is -0.395 e. The van der Waals surface area contributed by atoms with E-state index in [9.17, 15) is 9.59 Å². The van der Waals surface area contributed by atoms with Crippen LogP contribution in [0.5, 0.6) is 0 Å². The van der Waals surface area contributed by atoms with E-state index >= 15 is 0 Å². The second kappa shape index (κ2) is 9.64. The number of aliphatic hydroxyl groups excluding tert-OH is 2. The summed E-state index contributed by atoms with van der Waals surface area (Å²) in [6.45, 7) is 1.73. The smallest absolute Gasteiger partial charge is 0.237 e. The van der Waals surface area contributed by atoms with Crippen LogP contribution in [0, 0.1) is 0 Å². The highest BCUT2D eigenvalue weighted by atomic mass is 16.3. The maximum Gasteiger partial charge on any atom is 0.237 e. The van der Waals surface area contributed by atoms with Gasteiger partial charge in [-0.05, 0) is 16.3 Å². The van der Waals surface area contributed by atoms with Crippen LogP contribution in [0.4, 0.5) is 0 Å². The van der Waals surface area contributed by atoms with Crippen LogP contribution in [0.2, 0.25) is 0 Å². The molecular weight excluding hydrogens is 358 g/mol. The van der Waals surface area contributed by atoms with Crippen molar-refractivity contribution in [1.29, 1.82) is 0 Å². The highest BCUT2D eigenvalue weighted by Crippen LogP contribution is 2.22. The van der Waals surface area contributed by atoms with Crippen molar-refractivity contribution in [3.8, 4) is 0 Å². The summed E-state index contributed by atoms with van der Waals surface area (Å²) in [4.78, 5) is 28.6. The van der Waals surface area contributed by atoms with Crippen LogP contribution in [-0.2, 0) is 16.1 Å². The average molecular weight is 385 g/mol. The average Bonchev–Trinajstić information content (AvgIpc) is 2.70. The van der Waals surface area contributed by atoms with E-state index in [0.717, 1.165) is 16.3 Å². The molecule has 0 radical (unpaired) electrons. The molecule has 0 saturated carbocycles. The number of nitrogens with one attached hydrogen (secondary N) is 1. The molecule has 3 N–H and O–H groups in total. The Morgan fingerprint density at radius 1 is 1.11 bits per heavy atom. The molecule has 0 spiro atoms. The summed E-state index contributed by atoms with van der Waals surface area (Å²) < 4.78 is 0. The zero-order valence-electron chi connectivity index (χ0n) is 15.9. The number of hydrogen-bond acceptors (Lipinski definition) is 5. The molecule has 1 aliphatic rings. The summed E-state index contributed by atoms with van der Waals surface area (Å²) in [5.41, 5.74) is 1.12. The van der Waals surface area contributed by atoms with E-state index in [4.69, 9.17) is 10.2 Å². The van der Waals surface area contributed by atoms with E-state index < -0.39 is 6.04 Å². The Balaban J connectivity index is 1.78. The van der Waals surface area contributed by atoms with Crippen molar-refractivity contribution in [3.63, 3.8) is 0 Å². The molecular formula is C21H27N3O4. The fourth-order valence-electron chi connectivity index (χ4n) is 3.72. The van der Waals surface area contributed by atoms with E-state index in [2.05, 4.69) is 29.6 Å². The second-order valence-corrected chi connectivity index (χ2v) is 6.95. The third-order valence-corrected chi connectivity index (χ3v) is 5.16. The van der Waals surface area contributed by atoms with Gasteiger partial charge in [0.15, 0.2) is 0 Å². The van der Waals surface area contributed by atoms with Gasteiger partial charge in [0.05, 0.1) is 25.7 Å². The van der Waals surface area contributed by atoms with Crippen LogP contribution < -0.4 is 5.32 Å². The van der Waals surface area contributed by atoms with Crippen LogP contribution >= 0.6 is 0 Å². The molecule has 0 unspecified atom stereocenters. The van der Waals surface area contributed by atoms with E-state index in [1.165, 1.54) is 4.90 Å². The maximum absolute atomic E-state index is 12.6. The first-order valence-corrected chi connectivity index (χ1v) is 9.62. The summed E-state index contributed by atoms with van der Waals surface area (Å²) in [6, 6.07) is 13.7. The number of rotatable bonds is 8. The van der Waals surface area contributed by atoms with E-state index in [0.29, 0.717) is 19.6 Å². The number of fused-ring (bicyclic) bond motifs is 1. The lowest BCUT2D eigenvalue weighted by atomic mass is 10.0. The third-order valence-electron chi connectivity index (χ3n) is 5.16. The molecule has 7 heteroatoms. The van der Waals surface area contributed by atoms with Gasteiger partial charge in [-0.15, -0.1) is 0 Å². The third kappa shape index (κ3) is 4.67. The molecule has 0 bridgehead atoms. The Labute approximate surface area is 164 Å². The number of benzene rings is 2. The van der Waals surface area contributed by atoms with Gasteiger partial charge in [-0.25, -0.2) is 0 Å². The van der Waals surface area contributed by atoms with Crippen molar-refractivity contribution in [2.45, 2.75) is 19.0 Å². The molecule has 1 atom stereocenters. The molecule has 28 heavy (non-hydrogen) atoms. The van der Waals surface area contributed by atoms with Crippen molar-refractivity contribution in [2.75, 3.05) is 39.4 Å². The summed E-state index contributed by atoms with van der Waals surface area (Å²) in [6.07, 6.45) is 0.0244. The minimum atomic E-state index is -0.569. The molecule has 150 valence electrons. The maximum atomic E-state index is 12.6. The predicted octanol–water partition coefficient (Wildman–Crippen LogP) is 0.343. The molecule has 2 aromatic rings. The fraction of sp³-hybridized carbons (Fsp3) is 0.429. The van der Waals surface area contributed by atoms with Gasteiger partial charge in [0.1, 0.15) is 0 Å². The molecule has 1 saturated heterocycles. The number of nitrogens with zero attached hydrogens (tertiary/aromatic N) is 2. The number of hydrogen-bond donors (Lipinski definition) is 3. The topological polar surface area (TPSA) is 93.1 Å².